The summed E-state index contributed by atoms with van der Waals surface area (Å²) in [5, 5.41) is 3.00. The topological polar surface area (TPSA) is 87.9 Å². The molecule has 1 N–H and O–H groups in total. The summed E-state index contributed by atoms with van der Waals surface area (Å²) >= 11 is 0. The van der Waals surface area contributed by atoms with E-state index in [1.165, 1.54) is 6.39 Å². The second-order valence-corrected chi connectivity index (χ2v) is 8.19. The number of nitrogens with zero attached hydrogens (tertiary/aromatic N) is 3. The van der Waals surface area contributed by atoms with E-state index in [9.17, 15) is 9.59 Å². The minimum Gasteiger partial charge on any atom is -0.445 e. The van der Waals surface area contributed by atoms with Crippen molar-refractivity contribution in [1.82, 2.24) is 20.1 Å². The molecule has 4 atom stereocenters. The predicted molar refractivity (Wildman–Crippen MR) is 108 cm³/mol. The zero-order chi connectivity index (χ0) is 20.5. The molecular formula is C22H26N4O4. The van der Waals surface area contributed by atoms with Crippen molar-refractivity contribution in [3.05, 3.63) is 53.7 Å². The molecule has 158 valence electrons. The fraction of sp³-hybridized carbons (Fsp3) is 0.500. The first-order valence-electron chi connectivity index (χ1n) is 10.6. The van der Waals surface area contributed by atoms with Crippen molar-refractivity contribution in [1.29, 1.82) is 0 Å². The number of piperazine rings is 1. The van der Waals surface area contributed by atoms with Crippen LogP contribution < -0.4 is 5.32 Å². The Balaban J connectivity index is 1.25. The van der Waals surface area contributed by atoms with Gasteiger partial charge in [-0.15, -0.1) is 0 Å². The highest BCUT2D eigenvalue weighted by Gasteiger charge is 2.41. The van der Waals surface area contributed by atoms with E-state index in [-0.39, 0.29) is 30.0 Å². The van der Waals surface area contributed by atoms with Crippen LogP contribution in [0.4, 0.5) is 0 Å². The number of oxazole rings is 1. The summed E-state index contributed by atoms with van der Waals surface area (Å²) in [6.45, 7) is 3.53. The van der Waals surface area contributed by atoms with Crippen LogP contribution in [0.3, 0.4) is 0 Å². The Kier molecular flexibility index (Phi) is 5.26. The maximum atomic E-state index is 13.0. The van der Waals surface area contributed by atoms with E-state index in [0.717, 1.165) is 32.4 Å². The third-order valence-corrected chi connectivity index (χ3v) is 6.37. The van der Waals surface area contributed by atoms with Crippen LogP contribution in [0.25, 0.3) is 0 Å². The normalized spacial score (nSPS) is 27.9. The monoisotopic (exact) mass is 410 g/mol. The number of benzene rings is 1. The molecule has 8 nitrogen and oxygen atoms in total. The van der Waals surface area contributed by atoms with E-state index in [0.29, 0.717) is 36.7 Å². The van der Waals surface area contributed by atoms with Gasteiger partial charge in [0, 0.05) is 50.4 Å². The van der Waals surface area contributed by atoms with Crippen LogP contribution in [-0.4, -0.2) is 71.5 Å². The van der Waals surface area contributed by atoms with Crippen molar-refractivity contribution in [2.45, 2.75) is 37.5 Å². The Morgan fingerprint density at radius 3 is 2.83 bits per heavy atom. The molecule has 30 heavy (non-hydrogen) atoms. The van der Waals surface area contributed by atoms with Crippen LogP contribution in [0.1, 0.15) is 52.0 Å². The highest BCUT2D eigenvalue weighted by atomic mass is 16.5. The lowest BCUT2D eigenvalue weighted by molar-refractivity contribution is 0.0492. The number of ether oxygens (including phenoxy) is 1. The van der Waals surface area contributed by atoms with E-state index < -0.39 is 0 Å². The molecule has 3 fully saturated rings. The molecule has 0 spiro atoms. The van der Waals surface area contributed by atoms with Crippen LogP contribution in [0.5, 0.6) is 0 Å². The minimum atomic E-state index is -0.253. The number of amides is 2. The Morgan fingerprint density at radius 2 is 2.03 bits per heavy atom. The Labute approximate surface area is 175 Å². The van der Waals surface area contributed by atoms with Gasteiger partial charge in [0.05, 0.1) is 0 Å². The number of hydrogen-bond acceptors (Lipinski definition) is 6. The summed E-state index contributed by atoms with van der Waals surface area (Å²) < 4.78 is 11.1. The van der Waals surface area contributed by atoms with Gasteiger partial charge < -0.3 is 19.4 Å². The summed E-state index contributed by atoms with van der Waals surface area (Å²) in [7, 11) is 0. The first-order chi connectivity index (χ1) is 14.7. The lowest BCUT2D eigenvalue weighted by Crippen LogP contribution is -2.57. The Bertz CT molecular complexity index is 909. The van der Waals surface area contributed by atoms with Crippen molar-refractivity contribution < 1.29 is 18.7 Å². The number of rotatable bonds is 5. The molecule has 3 aliphatic heterocycles. The average molecular weight is 410 g/mol. The van der Waals surface area contributed by atoms with Gasteiger partial charge in [-0.1, -0.05) is 18.2 Å². The van der Waals surface area contributed by atoms with Crippen LogP contribution in [0.2, 0.25) is 0 Å². The fourth-order valence-corrected chi connectivity index (χ4v) is 4.77. The zero-order valence-electron chi connectivity index (χ0n) is 16.8. The molecule has 3 saturated heterocycles. The van der Waals surface area contributed by atoms with Crippen LogP contribution in [-0.2, 0) is 4.74 Å². The number of fused-ring (bicyclic) bond motifs is 2. The van der Waals surface area contributed by atoms with Crippen LogP contribution in [0, 0.1) is 0 Å². The quantitative estimate of drug-likeness (QED) is 0.810. The molecular weight excluding hydrogens is 384 g/mol. The first kappa shape index (κ1) is 19.3. The minimum absolute atomic E-state index is 0.0654. The van der Waals surface area contributed by atoms with Gasteiger partial charge in [-0.3, -0.25) is 14.5 Å². The standard InChI is InChI=1S/C22H26N4O4/c27-21(19-20(30-14-24-19)18-7-4-10-29-18)23-11-17-13-26(16-8-9-25(17)12-16)22(28)15-5-2-1-3-6-15/h1-3,5-6,14,16-18H,4,7-13H2,(H,23,27)/t16-,17-,18-/m0/s1. The van der Waals surface area contributed by atoms with Crippen molar-refractivity contribution in [2.75, 3.05) is 32.8 Å². The largest absolute Gasteiger partial charge is 0.445 e. The fourth-order valence-electron chi connectivity index (χ4n) is 4.77. The van der Waals surface area contributed by atoms with Crippen molar-refractivity contribution >= 4 is 11.8 Å². The number of hydrogen-bond donors (Lipinski definition) is 1. The number of nitrogens with one attached hydrogen (secondary N) is 1. The molecule has 1 aromatic carbocycles. The van der Waals surface area contributed by atoms with Crippen molar-refractivity contribution in [3.63, 3.8) is 0 Å². The van der Waals surface area contributed by atoms with Gasteiger partial charge >= 0.3 is 0 Å². The highest BCUT2D eigenvalue weighted by molar-refractivity contribution is 5.95. The Morgan fingerprint density at radius 1 is 1.17 bits per heavy atom. The Hall–Kier alpha value is -2.71. The number of aromatic nitrogens is 1. The summed E-state index contributed by atoms with van der Waals surface area (Å²) in [6, 6.07) is 9.73. The third kappa shape index (κ3) is 3.61. The molecule has 1 unspecified atom stereocenters. The highest BCUT2D eigenvalue weighted by Crippen LogP contribution is 2.30. The van der Waals surface area contributed by atoms with Gasteiger partial charge in [-0.05, 0) is 31.4 Å². The molecule has 1 aromatic heterocycles. The molecule has 4 heterocycles. The number of carbonyl (C=O) groups excluding carboxylic acids is 2. The lowest BCUT2D eigenvalue weighted by atomic mass is 10.1. The molecule has 2 bridgehead atoms. The molecule has 0 aliphatic carbocycles. The summed E-state index contributed by atoms with van der Waals surface area (Å²) in [5.41, 5.74) is 1.01. The molecule has 3 aliphatic rings. The average Bonchev–Trinajstić information content (AvgIpc) is 3.54. The van der Waals surface area contributed by atoms with Crippen molar-refractivity contribution in [3.8, 4) is 0 Å². The lowest BCUT2D eigenvalue weighted by Gasteiger charge is -2.40. The molecule has 0 radical (unpaired) electrons. The molecule has 8 heteroatoms. The molecule has 0 saturated carbocycles. The van der Waals surface area contributed by atoms with Gasteiger partial charge in [0.25, 0.3) is 11.8 Å². The second-order valence-electron chi connectivity index (χ2n) is 8.19. The summed E-state index contributed by atoms with van der Waals surface area (Å²) in [5.74, 6) is 0.322. The maximum Gasteiger partial charge on any atom is 0.273 e. The second kappa shape index (κ2) is 8.20. The van der Waals surface area contributed by atoms with Crippen LogP contribution in [0.15, 0.2) is 41.1 Å². The summed E-state index contributed by atoms with van der Waals surface area (Å²) in [6.07, 6.45) is 3.87. The summed E-state index contributed by atoms with van der Waals surface area (Å²) in [4.78, 5) is 34.3. The van der Waals surface area contributed by atoms with Gasteiger partial charge in [0.1, 0.15) is 6.10 Å². The predicted octanol–water partition coefficient (Wildman–Crippen LogP) is 1.85. The van der Waals surface area contributed by atoms with Crippen LogP contribution >= 0.6 is 0 Å². The van der Waals surface area contributed by atoms with E-state index in [2.05, 4.69) is 15.2 Å². The third-order valence-electron chi connectivity index (χ3n) is 6.37. The van der Waals surface area contributed by atoms with E-state index in [1.54, 1.807) is 0 Å². The van der Waals surface area contributed by atoms with Crippen molar-refractivity contribution in [2.24, 2.45) is 0 Å². The first-order valence-corrected chi connectivity index (χ1v) is 10.6. The SMILES string of the molecule is O=C(NC[C@H]1CN(C(=O)c2ccccc2)[C@H]2CCN1C2)c1ncoc1[C@@H]1CCCO1. The smallest absolute Gasteiger partial charge is 0.273 e. The maximum absolute atomic E-state index is 13.0. The molecule has 2 amide bonds. The van der Waals surface area contributed by atoms with Gasteiger partial charge in [-0.2, -0.15) is 0 Å². The van der Waals surface area contributed by atoms with Gasteiger partial charge in [-0.25, -0.2) is 4.98 Å². The zero-order valence-corrected chi connectivity index (χ0v) is 16.8. The van der Waals surface area contributed by atoms with Gasteiger partial charge in [0.15, 0.2) is 17.8 Å². The number of carbonyl (C=O) groups is 2. The van der Waals surface area contributed by atoms with E-state index in [4.69, 9.17) is 9.15 Å². The van der Waals surface area contributed by atoms with E-state index >= 15 is 0 Å². The van der Waals surface area contributed by atoms with Gasteiger partial charge in [0.2, 0.25) is 0 Å². The molecule has 2 aromatic rings. The molecule has 5 rings (SSSR count). The van der Waals surface area contributed by atoms with E-state index in [1.807, 2.05) is 35.2 Å².